The molecule has 0 heterocycles. The van der Waals surface area contributed by atoms with Gasteiger partial charge in [0.2, 0.25) is 11.8 Å². The molecule has 41 heavy (non-hydrogen) atoms. The lowest BCUT2D eigenvalue weighted by Crippen LogP contribution is -2.52. The van der Waals surface area contributed by atoms with Crippen molar-refractivity contribution >= 4 is 27.5 Å². The molecule has 0 spiro atoms. The molecule has 3 rings (SSSR count). The first kappa shape index (κ1) is 31.7. The lowest BCUT2D eigenvalue weighted by molar-refractivity contribution is -0.140. The Morgan fingerprint density at radius 3 is 2.27 bits per heavy atom. The van der Waals surface area contributed by atoms with Crippen molar-refractivity contribution in [1.82, 2.24) is 10.2 Å². The third kappa shape index (κ3) is 8.33. The van der Waals surface area contributed by atoms with Crippen LogP contribution in [0, 0.1) is 13.8 Å². The fourth-order valence-electron chi connectivity index (χ4n) is 4.56. The van der Waals surface area contributed by atoms with Crippen molar-refractivity contribution in [3.63, 3.8) is 0 Å². The third-order valence-corrected chi connectivity index (χ3v) is 8.67. The van der Waals surface area contributed by atoms with Crippen molar-refractivity contribution in [2.75, 3.05) is 24.5 Å². The number of sulfonamides is 1. The number of ether oxygens (including phenoxy) is 1. The van der Waals surface area contributed by atoms with Gasteiger partial charge in [-0.1, -0.05) is 73.9 Å². The molecule has 3 aromatic rings. The van der Waals surface area contributed by atoms with E-state index in [-0.39, 0.29) is 23.0 Å². The van der Waals surface area contributed by atoms with Crippen LogP contribution in [0.2, 0.25) is 0 Å². The van der Waals surface area contributed by atoms with Crippen LogP contribution in [0.5, 0.6) is 5.75 Å². The Bertz CT molecular complexity index is 1420. The lowest BCUT2D eigenvalue weighted by Gasteiger charge is -2.33. The molecule has 9 heteroatoms. The predicted octanol–water partition coefficient (Wildman–Crippen LogP) is 5.23. The quantitative estimate of drug-likeness (QED) is 0.264. The van der Waals surface area contributed by atoms with Gasteiger partial charge in [0.15, 0.2) is 0 Å². The van der Waals surface area contributed by atoms with Crippen LogP contribution in [0.25, 0.3) is 0 Å². The normalized spacial score (nSPS) is 11.9. The van der Waals surface area contributed by atoms with E-state index in [1.807, 2.05) is 52.0 Å². The molecule has 1 N–H and O–H groups in total. The smallest absolute Gasteiger partial charge is 0.264 e. The average Bonchev–Trinajstić information content (AvgIpc) is 2.96. The van der Waals surface area contributed by atoms with Crippen molar-refractivity contribution in [2.45, 2.75) is 64.4 Å². The number of aryl methyl sites for hydroxylation is 2. The van der Waals surface area contributed by atoms with Crippen LogP contribution in [-0.2, 0) is 26.2 Å². The first-order valence-electron chi connectivity index (χ1n) is 14.0. The molecule has 0 aliphatic rings. The van der Waals surface area contributed by atoms with Crippen LogP contribution < -0.4 is 14.4 Å². The Labute approximate surface area is 244 Å². The molecule has 8 nitrogen and oxygen atoms in total. The van der Waals surface area contributed by atoms with Crippen LogP contribution in [0.4, 0.5) is 5.69 Å². The molecule has 0 aromatic heterocycles. The summed E-state index contributed by atoms with van der Waals surface area (Å²) in [6.45, 7) is 7.91. The number of anilines is 1. The van der Waals surface area contributed by atoms with E-state index in [4.69, 9.17) is 4.74 Å². The van der Waals surface area contributed by atoms with Crippen LogP contribution in [-0.4, -0.2) is 51.4 Å². The van der Waals surface area contributed by atoms with Gasteiger partial charge in [-0.15, -0.1) is 0 Å². The van der Waals surface area contributed by atoms with E-state index in [2.05, 4.69) is 5.32 Å². The van der Waals surface area contributed by atoms with Crippen molar-refractivity contribution in [2.24, 2.45) is 0 Å². The molecule has 3 aromatic carbocycles. The summed E-state index contributed by atoms with van der Waals surface area (Å²) < 4.78 is 34.4. The highest BCUT2D eigenvalue weighted by Gasteiger charge is 2.33. The van der Waals surface area contributed by atoms with E-state index >= 15 is 0 Å². The summed E-state index contributed by atoms with van der Waals surface area (Å²) >= 11 is 0. The molecule has 0 bridgehead atoms. The van der Waals surface area contributed by atoms with Crippen LogP contribution in [0.15, 0.2) is 77.7 Å². The highest BCUT2D eigenvalue weighted by Crippen LogP contribution is 2.28. The molecule has 1 atom stereocenters. The van der Waals surface area contributed by atoms with E-state index in [1.165, 1.54) is 24.1 Å². The molecule has 2 amide bonds. The second-order valence-electron chi connectivity index (χ2n) is 10.1. The molecule has 0 radical (unpaired) electrons. The first-order chi connectivity index (χ1) is 19.6. The van der Waals surface area contributed by atoms with E-state index in [0.717, 1.165) is 33.8 Å². The van der Waals surface area contributed by atoms with E-state index in [1.54, 1.807) is 36.4 Å². The number of nitrogens with one attached hydrogen (secondary N) is 1. The predicted molar refractivity (Wildman–Crippen MR) is 162 cm³/mol. The largest absolute Gasteiger partial charge is 0.497 e. The monoisotopic (exact) mass is 579 g/mol. The fraction of sp³-hybridized carbons (Fsp3) is 0.375. The van der Waals surface area contributed by atoms with Gasteiger partial charge in [0, 0.05) is 19.2 Å². The van der Waals surface area contributed by atoms with Gasteiger partial charge in [0.1, 0.15) is 18.3 Å². The van der Waals surface area contributed by atoms with Gasteiger partial charge in [0.25, 0.3) is 10.0 Å². The minimum Gasteiger partial charge on any atom is -0.497 e. The molecular weight excluding hydrogens is 538 g/mol. The van der Waals surface area contributed by atoms with Crippen LogP contribution in [0.1, 0.15) is 49.8 Å². The Morgan fingerprint density at radius 1 is 0.927 bits per heavy atom. The topological polar surface area (TPSA) is 96.0 Å². The summed E-state index contributed by atoms with van der Waals surface area (Å²) in [5.74, 6) is -0.281. The minimum absolute atomic E-state index is 0.0632. The van der Waals surface area contributed by atoms with Crippen molar-refractivity contribution in [3.8, 4) is 5.75 Å². The van der Waals surface area contributed by atoms with E-state index < -0.39 is 28.5 Å². The number of methoxy groups -OCH3 is 1. The standard InChI is InChI=1S/C32H41N3O5S/c1-6-8-19-33-32(37)30(7-2)34(22-26-12-9-11-25(4)20-26)31(36)23-35(27-13-10-14-28(21-27)40-5)41(38,39)29-17-15-24(3)16-18-29/h9-18,20-21,30H,6-8,19,22-23H2,1-5H3,(H,33,37). The maximum atomic E-state index is 14.1. The van der Waals surface area contributed by atoms with Crippen molar-refractivity contribution in [3.05, 3.63) is 89.5 Å². The van der Waals surface area contributed by atoms with Gasteiger partial charge < -0.3 is 15.0 Å². The summed E-state index contributed by atoms with van der Waals surface area (Å²) in [6, 6.07) is 20.1. The Balaban J connectivity index is 2.05. The van der Waals surface area contributed by atoms with Gasteiger partial charge >= 0.3 is 0 Å². The summed E-state index contributed by atoms with van der Waals surface area (Å²) in [7, 11) is -2.65. The molecule has 0 aliphatic carbocycles. The summed E-state index contributed by atoms with van der Waals surface area (Å²) in [5.41, 5.74) is 3.08. The zero-order chi connectivity index (χ0) is 30.0. The summed E-state index contributed by atoms with van der Waals surface area (Å²) in [4.78, 5) is 29.0. The number of carbonyl (C=O) groups is 2. The first-order valence-corrected chi connectivity index (χ1v) is 15.4. The zero-order valence-electron chi connectivity index (χ0n) is 24.6. The Morgan fingerprint density at radius 2 is 1.63 bits per heavy atom. The highest BCUT2D eigenvalue weighted by atomic mass is 32.2. The molecule has 220 valence electrons. The maximum absolute atomic E-state index is 14.1. The van der Waals surface area contributed by atoms with Crippen LogP contribution in [0.3, 0.4) is 0 Å². The Kier molecular flexibility index (Phi) is 11.3. The van der Waals surface area contributed by atoms with E-state index in [9.17, 15) is 18.0 Å². The lowest BCUT2D eigenvalue weighted by atomic mass is 10.1. The van der Waals surface area contributed by atoms with Gasteiger partial charge in [-0.25, -0.2) is 8.42 Å². The summed E-state index contributed by atoms with van der Waals surface area (Å²) in [5, 5.41) is 2.95. The summed E-state index contributed by atoms with van der Waals surface area (Å²) in [6.07, 6.45) is 2.13. The SMILES string of the molecule is CCCCNC(=O)C(CC)N(Cc1cccc(C)c1)C(=O)CN(c1cccc(OC)c1)S(=O)(=O)c1ccc(C)cc1. The number of nitrogens with zero attached hydrogens (tertiary/aromatic N) is 2. The minimum atomic E-state index is -4.14. The van der Waals surface area contributed by atoms with Gasteiger partial charge in [-0.2, -0.15) is 0 Å². The number of benzene rings is 3. The molecule has 0 saturated carbocycles. The number of carbonyl (C=O) groups excluding carboxylic acids is 2. The van der Waals surface area contributed by atoms with Crippen LogP contribution >= 0.6 is 0 Å². The number of hydrogen-bond acceptors (Lipinski definition) is 5. The number of hydrogen-bond donors (Lipinski definition) is 1. The van der Waals surface area contributed by atoms with Crippen molar-refractivity contribution < 1.29 is 22.7 Å². The Hall–Kier alpha value is -3.85. The van der Waals surface area contributed by atoms with Gasteiger partial charge in [-0.3, -0.25) is 13.9 Å². The van der Waals surface area contributed by atoms with Crippen molar-refractivity contribution in [1.29, 1.82) is 0 Å². The number of unbranched alkanes of at least 4 members (excludes halogenated alkanes) is 1. The average molecular weight is 580 g/mol. The molecule has 0 aliphatic heterocycles. The molecule has 0 fully saturated rings. The number of rotatable bonds is 14. The molecule has 1 unspecified atom stereocenters. The zero-order valence-corrected chi connectivity index (χ0v) is 25.4. The molecule has 0 saturated heterocycles. The third-order valence-electron chi connectivity index (χ3n) is 6.88. The van der Waals surface area contributed by atoms with Gasteiger partial charge in [0.05, 0.1) is 17.7 Å². The molecular formula is C32H41N3O5S. The van der Waals surface area contributed by atoms with Gasteiger partial charge in [-0.05, 0) is 56.5 Å². The second kappa shape index (κ2) is 14.7. The van der Waals surface area contributed by atoms with E-state index in [0.29, 0.717) is 18.7 Å². The highest BCUT2D eigenvalue weighted by molar-refractivity contribution is 7.92. The fourth-order valence-corrected chi connectivity index (χ4v) is 5.97. The second-order valence-corrected chi connectivity index (χ2v) is 12.0. The number of amides is 2. The maximum Gasteiger partial charge on any atom is 0.264 e.